The molecule has 0 radical (unpaired) electrons. The molecule has 114 valence electrons. The summed E-state index contributed by atoms with van der Waals surface area (Å²) in [5.41, 5.74) is 4.74. The van der Waals surface area contributed by atoms with Crippen LogP contribution in [0.2, 0.25) is 6.32 Å². The third kappa shape index (κ3) is 3.06. The SMILES string of the molecule is CC(CCCB(O)O)n1c(-c2cscn2)nc2ccccc21. The van der Waals surface area contributed by atoms with Gasteiger partial charge >= 0.3 is 7.12 Å². The van der Waals surface area contributed by atoms with Crippen LogP contribution in [0.3, 0.4) is 0 Å². The smallest absolute Gasteiger partial charge is 0.427 e. The zero-order valence-electron chi connectivity index (χ0n) is 12.4. The number of aromatic nitrogens is 3. The van der Waals surface area contributed by atoms with Crippen LogP contribution in [-0.4, -0.2) is 31.7 Å². The van der Waals surface area contributed by atoms with E-state index in [2.05, 4.69) is 22.5 Å². The first kappa shape index (κ1) is 15.2. The molecule has 2 aromatic heterocycles. The monoisotopic (exact) mass is 315 g/mol. The molecule has 3 aromatic rings. The molecule has 3 rings (SSSR count). The Morgan fingerprint density at radius 1 is 1.32 bits per heavy atom. The Morgan fingerprint density at radius 2 is 2.14 bits per heavy atom. The molecule has 7 heteroatoms. The third-order valence-corrected chi connectivity index (χ3v) is 4.37. The van der Waals surface area contributed by atoms with Crippen molar-refractivity contribution in [2.24, 2.45) is 0 Å². The summed E-state index contributed by atoms with van der Waals surface area (Å²) in [6, 6.07) is 8.27. The number of para-hydroxylation sites is 2. The lowest BCUT2D eigenvalue weighted by atomic mass is 9.83. The highest BCUT2D eigenvalue weighted by Gasteiger charge is 2.18. The van der Waals surface area contributed by atoms with Gasteiger partial charge in [0, 0.05) is 11.4 Å². The summed E-state index contributed by atoms with van der Waals surface area (Å²) < 4.78 is 2.20. The first-order valence-corrected chi connectivity index (χ1v) is 8.32. The van der Waals surface area contributed by atoms with Crippen LogP contribution in [0.1, 0.15) is 25.8 Å². The second-order valence-corrected chi connectivity index (χ2v) is 6.15. The van der Waals surface area contributed by atoms with Crippen molar-refractivity contribution in [2.75, 3.05) is 0 Å². The van der Waals surface area contributed by atoms with E-state index < -0.39 is 7.12 Å². The van der Waals surface area contributed by atoms with Crippen molar-refractivity contribution in [2.45, 2.75) is 32.1 Å². The van der Waals surface area contributed by atoms with Gasteiger partial charge in [-0.25, -0.2) is 9.97 Å². The molecular formula is C15H18BN3O2S. The van der Waals surface area contributed by atoms with Crippen molar-refractivity contribution in [3.63, 3.8) is 0 Å². The van der Waals surface area contributed by atoms with Crippen molar-refractivity contribution in [1.29, 1.82) is 0 Å². The minimum Gasteiger partial charge on any atom is -0.427 e. The molecule has 0 amide bonds. The van der Waals surface area contributed by atoms with E-state index in [1.165, 1.54) is 0 Å². The van der Waals surface area contributed by atoms with Crippen LogP contribution in [-0.2, 0) is 0 Å². The van der Waals surface area contributed by atoms with Gasteiger partial charge in [0.15, 0.2) is 5.82 Å². The van der Waals surface area contributed by atoms with Crippen molar-refractivity contribution in [1.82, 2.24) is 14.5 Å². The molecule has 1 unspecified atom stereocenters. The summed E-state index contributed by atoms with van der Waals surface area (Å²) in [5, 5.41) is 20.0. The number of hydrogen-bond acceptors (Lipinski definition) is 5. The maximum absolute atomic E-state index is 9.00. The van der Waals surface area contributed by atoms with Crippen LogP contribution in [0.25, 0.3) is 22.6 Å². The fourth-order valence-corrected chi connectivity index (χ4v) is 3.25. The molecule has 2 heterocycles. The molecule has 5 nitrogen and oxygen atoms in total. The van der Waals surface area contributed by atoms with E-state index in [1.807, 2.05) is 29.1 Å². The zero-order valence-corrected chi connectivity index (χ0v) is 13.2. The summed E-state index contributed by atoms with van der Waals surface area (Å²) in [5.74, 6) is 0.875. The minimum absolute atomic E-state index is 0.211. The van der Waals surface area contributed by atoms with Crippen LogP contribution in [0.5, 0.6) is 0 Å². The van der Waals surface area contributed by atoms with E-state index in [9.17, 15) is 0 Å². The van der Waals surface area contributed by atoms with Crippen molar-refractivity contribution < 1.29 is 10.0 Å². The van der Waals surface area contributed by atoms with E-state index in [4.69, 9.17) is 15.0 Å². The Kier molecular flexibility index (Phi) is 4.56. The Morgan fingerprint density at radius 3 is 2.86 bits per heavy atom. The lowest BCUT2D eigenvalue weighted by molar-refractivity contribution is 0.397. The lowest BCUT2D eigenvalue weighted by Crippen LogP contribution is -2.12. The average Bonchev–Trinajstić information content (AvgIpc) is 3.13. The molecule has 0 fully saturated rings. The van der Waals surface area contributed by atoms with Crippen LogP contribution >= 0.6 is 11.3 Å². The number of nitrogens with zero attached hydrogens (tertiary/aromatic N) is 3. The summed E-state index contributed by atoms with van der Waals surface area (Å²) in [6.07, 6.45) is 2.00. The van der Waals surface area contributed by atoms with E-state index in [-0.39, 0.29) is 6.04 Å². The van der Waals surface area contributed by atoms with Crippen LogP contribution < -0.4 is 0 Å². The quantitative estimate of drug-likeness (QED) is 0.686. The topological polar surface area (TPSA) is 71.2 Å². The van der Waals surface area contributed by atoms with Gasteiger partial charge < -0.3 is 14.6 Å². The zero-order chi connectivity index (χ0) is 15.5. The van der Waals surface area contributed by atoms with Gasteiger partial charge in [-0.3, -0.25) is 0 Å². The van der Waals surface area contributed by atoms with Crippen LogP contribution in [0.4, 0.5) is 0 Å². The second kappa shape index (κ2) is 6.60. The maximum atomic E-state index is 9.00. The summed E-state index contributed by atoms with van der Waals surface area (Å²) in [7, 11) is -1.23. The number of thiazole rings is 1. The Bertz CT molecular complexity index is 742. The second-order valence-electron chi connectivity index (χ2n) is 5.43. The van der Waals surface area contributed by atoms with Gasteiger partial charge in [0.25, 0.3) is 0 Å². The highest BCUT2D eigenvalue weighted by molar-refractivity contribution is 7.07. The van der Waals surface area contributed by atoms with Gasteiger partial charge in [0.05, 0.1) is 16.5 Å². The Labute approximate surface area is 133 Å². The predicted octanol–water partition coefficient (Wildman–Crippen LogP) is 2.97. The number of hydrogen-bond donors (Lipinski definition) is 2. The normalized spacial score (nSPS) is 12.7. The summed E-state index contributed by atoms with van der Waals surface area (Å²) >= 11 is 1.56. The van der Waals surface area contributed by atoms with Gasteiger partial charge in [-0.2, -0.15) is 0 Å². The molecule has 0 spiro atoms. The lowest BCUT2D eigenvalue weighted by Gasteiger charge is -2.17. The summed E-state index contributed by atoms with van der Waals surface area (Å²) in [6.45, 7) is 2.13. The third-order valence-electron chi connectivity index (χ3n) is 3.78. The fraction of sp³-hybridized carbons (Fsp3) is 0.333. The van der Waals surface area contributed by atoms with E-state index >= 15 is 0 Å². The van der Waals surface area contributed by atoms with Crippen LogP contribution in [0, 0.1) is 0 Å². The molecule has 22 heavy (non-hydrogen) atoms. The molecule has 0 aliphatic heterocycles. The fourth-order valence-electron chi connectivity index (χ4n) is 2.72. The molecule has 1 aromatic carbocycles. The summed E-state index contributed by atoms with van der Waals surface area (Å²) in [4.78, 5) is 9.12. The molecule has 0 aliphatic carbocycles. The first-order valence-electron chi connectivity index (χ1n) is 7.38. The molecule has 2 N–H and O–H groups in total. The maximum Gasteiger partial charge on any atom is 0.451 e. The van der Waals surface area contributed by atoms with Gasteiger partial charge in [-0.05, 0) is 31.8 Å². The standard InChI is InChI=1S/C15H18BN3O2S/c1-11(5-4-8-16(20)21)19-14-7-3-2-6-12(14)18-15(19)13-9-22-10-17-13/h2-3,6-7,9-11,20-21H,4-5,8H2,1H3. The van der Waals surface area contributed by atoms with Gasteiger partial charge in [-0.15, -0.1) is 11.3 Å². The average molecular weight is 315 g/mol. The number of fused-ring (bicyclic) bond motifs is 1. The first-order chi connectivity index (χ1) is 10.7. The van der Waals surface area contributed by atoms with Gasteiger partial charge in [-0.1, -0.05) is 18.6 Å². The highest BCUT2D eigenvalue weighted by atomic mass is 32.1. The number of rotatable bonds is 6. The van der Waals surface area contributed by atoms with Crippen LogP contribution in [0.15, 0.2) is 35.2 Å². The molecule has 1 atom stereocenters. The Balaban J connectivity index is 1.97. The predicted molar refractivity (Wildman–Crippen MR) is 89.8 cm³/mol. The van der Waals surface area contributed by atoms with E-state index in [0.717, 1.165) is 35.4 Å². The molecular weight excluding hydrogens is 297 g/mol. The van der Waals surface area contributed by atoms with Crippen molar-refractivity contribution in [3.8, 4) is 11.5 Å². The van der Waals surface area contributed by atoms with E-state index in [1.54, 1.807) is 11.3 Å². The molecule has 0 saturated carbocycles. The molecule has 0 saturated heterocycles. The highest BCUT2D eigenvalue weighted by Crippen LogP contribution is 2.30. The number of imidazole rings is 1. The molecule has 0 bridgehead atoms. The van der Waals surface area contributed by atoms with Gasteiger partial charge in [0.2, 0.25) is 0 Å². The Hall–Kier alpha value is -1.70. The van der Waals surface area contributed by atoms with E-state index in [0.29, 0.717) is 6.32 Å². The van der Waals surface area contributed by atoms with Crippen molar-refractivity contribution >= 4 is 29.5 Å². The van der Waals surface area contributed by atoms with Crippen molar-refractivity contribution in [3.05, 3.63) is 35.2 Å². The largest absolute Gasteiger partial charge is 0.451 e. The van der Waals surface area contributed by atoms with Gasteiger partial charge in [0.1, 0.15) is 5.69 Å². The minimum atomic E-state index is -1.23. The molecule has 0 aliphatic rings. The number of benzene rings is 1.